The molecule has 2 N–H and O–H groups in total. The number of nitrogens with one attached hydrogen (secondary N) is 2. The van der Waals surface area contributed by atoms with Crippen LogP contribution in [0.15, 0.2) is 95.8 Å². The van der Waals surface area contributed by atoms with Gasteiger partial charge >= 0.3 is 0 Å². The maximum absolute atomic E-state index is 13.6. The Morgan fingerprint density at radius 2 is 1.69 bits per heavy atom. The summed E-state index contributed by atoms with van der Waals surface area (Å²) in [5.41, 5.74) is 2.35. The second-order valence-electron chi connectivity index (χ2n) is 8.33. The van der Waals surface area contributed by atoms with Crippen LogP contribution in [0.25, 0.3) is 11.3 Å². The number of nitrogens with zero attached hydrogens (tertiary/aromatic N) is 1. The summed E-state index contributed by atoms with van der Waals surface area (Å²) in [4.78, 5) is 26.2. The lowest BCUT2D eigenvalue weighted by atomic mass is 10.1. The minimum absolute atomic E-state index is 0.215. The van der Waals surface area contributed by atoms with E-state index in [1.807, 2.05) is 61.5 Å². The van der Waals surface area contributed by atoms with Crippen LogP contribution >= 0.6 is 0 Å². The van der Waals surface area contributed by atoms with Gasteiger partial charge in [0.1, 0.15) is 23.0 Å². The number of halogens is 1. The number of aromatic nitrogens is 1. The standard InChI is InChI=1S/C29H28FN3O3/c1-3-25(31-2)28(34)32-26-16-17-27(21-9-5-4-6-10-21)33(29(26)35)19-20-8-7-11-24(18-20)36-23-14-12-22(30)13-15-23/h4-18,25,31H,3,19H2,1-2H3,(H,32,34). The summed E-state index contributed by atoms with van der Waals surface area (Å²) in [5.74, 6) is 0.481. The van der Waals surface area contributed by atoms with Crippen LogP contribution in [0.3, 0.4) is 0 Å². The summed E-state index contributed by atoms with van der Waals surface area (Å²) in [6, 6.07) is 25.9. The van der Waals surface area contributed by atoms with Gasteiger partial charge in [-0.3, -0.25) is 9.59 Å². The van der Waals surface area contributed by atoms with Crippen LogP contribution in [0.1, 0.15) is 18.9 Å². The highest BCUT2D eigenvalue weighted by Gasteiger charge is 2.18. The van der Waals surface area contributed by atoms with Crippen LogP contribution in [0, 0.1) is 5.82 Å². The molecule has 4 rings (SSSR count). The second kappa shape index (κ2) is 11.5. The normalized spacial score (nSPS) is 11.6. The molecule has 0 radical (unpaired) electrons. The Labute approximate surface area is 209 Å². The summed E-state index contributed by atoms with van der Waals surface area (Å²) in [6.07, 6.45) is 0.597. The molecule has 1 heterocycles. The SMILES string of the molecule is CCC(NC)C(=O)Nc1ccc(-c2ccccc2)n(Cc2cccc(Oc3ccc(F)cc3)c2)c1=O. The number of anilines is 1. The van der Waals surface area contributed by atoms with Crippen LogP contribution in [0.5, 0.6) is 11.5 Å². The molecule has 1 atom stereocenters. The Bertz CT molecular complexity index is 1380. The van der Waals surface area contributed by atoms with E-state index in [4.69, 9.17) is 4.74 Å². The minimum Gasteiger partial charge on any atom is -0.457 e. The van der Waals surface area contributed by atoms with Crippen LogP contribution in [-0.4, -0.2) is 23.6 Å². The molecule has 0 saturated carbocycles. The van der Waals surface area contributed by atoms with Crippen molar-refractivity contribution in [3.05, 3.63) is 113 Å². The molecule has 1 unspecified atom stereocenters. The average Bonchev–Trinajstić information content (AvgIpc) is 2.89. The molecule has 0 aliphatic heterocycles. The van der Waals surface area contributed by atoms with Crippen LogP contribution in [0.2, 0.25) is 0 Å². The third kappa shape index (κ3) is 5.87. The van der Waals surface area contributed by atoms with Gasteiger partial charge in [-0.25, -0.2) is 4.39 Å². The molecule has 6 nitrogen and oxygen atoms in total. The summed E-state index contributed by atoms with van der Waals surface area (Å²) in [7, 11) is 1.71. The van der Waals surface area contributed by atoms with Crippen molar-refractivity contribution in [3.8, 4) is 22.8 Å². The molecule has 1 amide bonds. The first kappa shape index (κ1) is 24.9. The third-order valence-corrected chi connectivity index (χ3v) is 5.86. The highest BCUT2D eigenvalue weighted by atomic mass is 19.1. The molecule has 0 aliphatic carbocycles. The predicted molar refractivity (Wildman–Crippen MR) is 140 cm³/mol. The van der Waals surface area contributed by atoms with Crippen LogP contribution in [-0.2, 0) is 11.3 Å². The van der Waals surface area contributed by atoms with Crippen molar-refractivity contribution < 1.29 is 13.9 Å². The van der Waals surface area contributed by atoms with Gasteiger partial charge in [0.2, 0.25) is 5.91 Å². The zero-order valence-corrected chi connectivity index (χ0v) is 20.2. The first-order chi connectivity index (χ1) is 17.5. The number of pyridine rings is 1. The van der Waals surface area contributed by atoms with Gasteiger partial charge < -0.3 is 19.9 Å². The van der Waals surface area contributed by atoms with Gasteiger partial charge in [0.25, 0.3) is 5.56 Å². The number of likely N-dealkylation sites (N-methyl/N-ethyl adjacent to an activating group) is 1. The number of carbonyl (C=O) groups is 1. The molecule has 0 aliphatic rings. The molecule has 1 aromatic heterocycles. The topological polar surface area (TPSA) is 72.4 Å². The van der Waals surface area contributed by atoms with Gasteiger partial charge in [0.15, 0.2) is 0 Å². The molecular formula is C29H28FN3O3. The fourth-order valence-corrected chi connectivity index (χ4v) is 3.96. The smallest absolute Gasteiger partial charge is 0.275 e. The molecule has 0 spiro atoms. The lowest BCUT2D eigenvalue weighted by Crippen LogP contribution is -2.39. The number of ether oxygens (including phenoxy) is 1. The molecule has 0 saturated heterocycles. The monoisotopic (exact) mass is 485 g/mol. The first-order valence-electron chi connectivity index (χ1n) is 11.8. The zero-order chi connectivity index (χ0) is 25.5. The summed E-state index contributed by atoms with van der Waals surface area (Å²) in [6.45, 7) is 2.16. The van der Waals surface area contributed by atoms with Crippen LogP contribution < -0.4 is 20.9 Å². The Morgan fingerprint density at radius 3 is 2.39 bits per heavy atom. The van der Waals surface area contributed by atoms with Gasteiger partial charge in [0.05, 0.1) is 18.3 Å². The maximum atomic E-state index is 13.6. The summed E-state index contributed by atoms with van der Waals surface area (Å²) in [5, 5.41) is 5.73. The highest BCUT2D eigenvalue weighted by molar-refractivity contribution is 5.94. The van der Waals surface area contributed by atoms with Crippen LogP contribution in [0.4, 0.5) is 10.1 Å². The number of hydrogen-bond acceptors (Lipinski definition) is 4. The lowest BCUT2D eigenvalue weighted by Gasteiger charge is -2.18. The molecule has 3 aromatic carbocycles. The predicted octanol–water partition coefficient (Wildman–Crippen LogP) is 5.43. The third-order valence-electron chi connectivity index (χ3n) is 5.86. The van der Waals surface area contributed by atoms with E-state index in [9.17, 15) is 14.0 Å². The first-order valence-corrected chi connectivity index (χ1v) is 11.8. The largest absolute Gasteiger partial charge is 0.457 e. The summed E-state index contributed by atoms with van der Waals surface area (Å²) >= 11 is 0. The number of benzene rings is 3. The van der Waals surface area contributed by atoms with Crippen molar-refractivity contribution in [2.45, 2.75) is 25.9 Å². The number of rotatable bonds is 9. The van der Waals surface area contributed by atoms with E-state index in [0.717, 1.165) is 16.8 Å². The van der Waals surface area contributed by atoms with E-state index in [2.05, 4.69) is 10.6 Å². The van der Waals surface area contributed by atoms with Crippen molar-refractivity contribution in [1.29, 1.82) is 0 Å². The van der Waals surface area contributed by atoms with Gasteiger partial charge in [-0.2, -0.15) is 0 Å². The minimum atomic E-state index is -0.396. The number of hydrogen-bond donors (Lipinski definition) is 2. The molecule has 184 valence electrons. The fraction of sp³-hybridized carbons (Fsp3) is 0.172. The number of amides is 1. The molecule has 7 heteroatoms. The molecular weight excluding hydrogens is 457 g/mol. The Hall–Kier alpha value is -4.23. The van der Waals surface area contributed by atoms with Gasteiger partial charge in [-0.1, -0.05) is 49.4 Å². The Kier molecular flexibility index (Phi) is 7.92. The Balaban J connectivity index is 1.69. The van der Waals surface area contributed by atoms with E-state index < -0.39 is 6.04 Å². The molecule has 36 heavy (non-hydrogen) atoms. The van der Waals surface area contributed by atoms with E-state index in [0.29, 0.717) is 17.9 Å². The average molecular weight is 486 g/mol. The van der Waals surface area contributed by atoms with Crippen molar-refractivity contribution in [2.75, 3.05) is 12.4 Å². The number of carbonyl (C=O) groups excluding carboxylic acids is 1. The van der Waals surface area contributed by atoms with E-state index >= 15 is 0 Å². The zero-order valence-electron chi connectivity index (χ0n) is 20.2. The van der Waals surface area contributed by atoms with Gasteiger partial charge in [-0.05, 0) is 73.1 Å². The fourth-order valence-electron chi connectivity index (χ4n) is 3.96. The van der Waals surface area contributed by atoms with Gasteiger partial charge in [0, 0.05) is 0 Å². The van der Waals surface area contributed by atoms with Gasteiger partial charge in [-0.15, -0.1) is 0 Å². The maximum Gasteiger partial charge on any atom is 0.275 e. The van der Waals surface area contributed by atoms with Crippen molar-refractivity contribution >= 4 is 11.6 Å². The quantitative estimate of drug-likeness (QED) is 0.332. The summed E-state index contributed by atoms with van der Waals surface area (Å²) < 4.78 is 20.7. The highest BCUT2D eigenvalue weighted by Crippen LogP contribution is 2.25. The van der Waals surface area contributed by atoms with Crippen molar-refractivity contribution in [2.24, 2.45) is 0 Å². The lowest BCUT2D eigenvalue weighted by molar-refractivity contribution is -0.118. The molecule has 0 bridgehead atoms. The molecule has 4 aromatic rings. The van der Waals surface area contributed by atoms with E-state index in [-0.39, 0.29) is 29.5 Å². The molecule has 0 fully saturated rings. The van der Waals surface area contributed by atoms with E-state index in [1.54, 1.807) is 35.9 Å². The Morgan fingerprint density at radius 1 is 0.944 bits per heavy atom. The van der Waals surface area contributed by atoms with Crippen molar-refractivity contribution in [1.82, 2.24) is 9.88 Å². The van der Waals surface area contributed by atoms with E-state index in [1.165, 1.54) is 12.1 Å². The second-order valence-corrected chi connectivity index (χ2v) is 8.33. The van der Waals surface area contributed by atoms with Crippen molar-refractivity contribution in [3.63, 3.8) is 0 Å².